The van der Waals surface area contributed by atoms with Gasteiger partial charge in [0.05, 0.1) is 0 Å². The Balaban J connectivity index is 2.31. The SMILES string of the molecule is Cc1ccc(Nc2cc(=S)nc(N)[nH]2)cc1I. The number of nitrogens with one attached hydrogen (secondary N) is 2. The summed E-state index contributed by atoms with van der Waals surface area (Å²) < 4.78 is 1.67. The molecule has 2 aromatic rings. The number of H-pyrrole nitrogens is 1. The summed E-state index contributed by atoms with van der Waals surface area (Å²) >= 11 is 7.30. The summed E-state index contributed by atoms with van der Waals surface area (Å²) in [5.41, 5.74) is 7.82. The first-order chi connectivity index (χ1) is 8.04. The lowest BCUT2D eigenvalue weighted by molar-refractivity contribution is 1.17. The molecule has 0 aliphatic heterocycles. The van der Waals surface area contributed by atoms with Crippen LogP contribution in [-0.2, 0) is 0 Å². The van der Waals surface area contributed by atoms with E-state index in [1.54, 1.807) is 6.07 Å². The maximum Gasteiger partial charge on any atom is 0.200 e. The van der Waals surface area contributed by atoms with Crippen LogP contribution in [0.2, 0.25) is 0 Å². The van der Waals surface area contributed by atoms with Crippen LogP contribution >= 0.6 is 34.8 Å². The van der Waals surface area contributed by atoms with Crippen LogP contribution in [0, 0.1) is 15.1 Å². The van der Waals surface area contributed by atoms with Crippen molar-refractivity contribution >= 4 is 52.3 Å². The highest BCUT2D eigenvalue weighted by atomic mass is 127. The Morgan fingerprint density at radius 1 is 1.41 bits per heavy atom. The molecule has 4 N–H and O–H groups in total. The van der Waals surface area contributed by atoms with Crippen LogP contribution < -0.4 is 11.1 Å². The number of anilines is 3. The van der Waals surface area contributed by atoms with Gasteiger partial charge in [0.1, 0.15) is 10.5 Å². The molecule has 88 valence electrons. The number of aromatic amines is 1. The van der Waals surface area contributed by atoms with Crippen LogP contribution in [-0.4, -0.2) is 9.97 Å². The second-order valence-corrected chi connectivity index (χ2v) is 5.19. The summed E-state index contributed by atoms with van der Waals surface area (Å²) in [4.78, 5) is 6.82. The number of nitrogen functional groups attached to an aromatic ring is 1. The molecule has 1 aromatic heterocycles. The van der Waals surface area contributed by atoms with Gasteiger partial charge in [-0.05, 0) is 47.2 Å². The van der Waals surface area contributed by atoms with E-state index in [2.05, 4.69) is 56.9 Å². The first kappa shape index (κ1) is 12.3. The predicted molar refractivity (Wildman–Crippen MR) is 81.0 cm³/mol. The van der Waals surface area contributed by atoms with Gasteiger partial charge in [0.15, 0.2) is 5.95 Å². The third-order valence-electron chi connectivity index (χ3n) is 2.21. The molecule has 0 radical (unpaired) electrons. The lowest BCUT2D eigenvalue weighted by Gasteiger charge is -2.08. The second-order valence-electron chi connectivity index (χ2n) is 3.61. The van der Waals surface area contributed by atoms with E-state index < -0.39 is 0 Å². The summed E-state index contributed by atoms with van der Waals surface area (Å²) in [5.74, 6) is 1.05. The summed E-state index contributed by atoms with van der Waals surface area (Å²) in [7, 11) is 0. The van der Waals surface area contributed by atoms with Crippen LogP contribution in [0.1, 0.15) is 5.56 Å². The van der Waals surface area contributed by atoms with Crippen molar-refractivity contribution in [3.63, 3.8) is 0 Å². The van der Waals surface area contributed by atoms with E-state index in [1.807, 2.05) is 6.07 Å². The molecule has 1 aromatic carbocycles. The number of aryl methyl sites for hydroxylation is 1. The molecule has 2 rings (SSSR count). The van der Waals surface area contributed by atoms with Gasteiger partial charge in [-0.2, -0.15) is 0 Å². The first-order valence-electron chi connectivity index (χ1n) is 4.94. The van der Waals surface area contributed by atoms with Crippen LogP contribution in [0.5, 0.6) is 0 Å². The Bertz CT molecular complexity index is 609. The number of rotatable bonds is 2. The van der Waals surface area contributed by atoms with Crippen molar-refractivity contribution in [3.05, 3.63) is 38.0 Å². The van der Waals surface area contributed by atoms with Gasteiger partial charge in [-0.15, -0.1) is 0 Å². The van der Waals surface area contributed by atoms with E-state index in [9.17, 15) is 0 Å². The molecular weight excluding hydrogens is 347 g/mol. The van der Waals surface area contributed by atoms with E-state index >= 15 is 0 Å². The normalized spacial score (nSPS) is 10.2. The summed E-state index contributed by atoms with van der Waals surface area (Å²) in [6.45, 7) is 2.07. The molecule has 0 aliphatic rings. The zero-order valence-electron chi connectivity index (χ0n) is 9.12. The smallest absolute Gasteiger partial charge is 0.200 e. The molecule has 6 heteroatoms. The summed E-state index contributed by atoms with van der Waals surface area (Å²) in [6.07, 6.45) is 0. The number of aromatic nitrogens is 2. The molecule has 0 aliphatic carbocycles. The van der Waals surface area contributed by atoms with Gasteiger partial charge in [-0.1, -0.05) is 18.3 Å². The number of nitrogens with zero attached hydrogens (tertiary/aromatic N) is 1. The fraction of sp³-hybridized carbons (Fsp3) is 0.0909. The van der Waals surface area contributed by atoms with Gasteiger partial charge >= 0.3 is 0 Å². The highest BCUT2D eigenvalue weighted by molar-refractivity contribution is 14.1. The monoisotopic (exact) mass is 358 g/mol. The molecule has 0 unspecified atom stereocenters. The van der Waals surface area contributed by atoms with Crippen LogP contribution in [0.3, 0.4) is 0 Å². The molecule has 17 heavy (non-hydrogen) atoms. The standard InChI is InChI=1S/C11H11IN4S/c1-6-2-3-7(4-8(6)12)14-9-5-10(17)16-11(13)15-9/h2-5H,1H3,(H4,13,14,15,16,17). The van der Waals surface area contributed by atoms with Crippen molar-refractivity contribution in [3.8, 4) is 0 Å². The van der Waals surface area contributed by atoms with Crippen molar-refractivity contribution in [1.82, 2.24) is 9.97 Å². The third kappa shape index (κ3) is 3.16. The first-order valence-corrected chi connectivity index (χ1v) is 6.43. The Morgan fingerprint density at radius 3 is 2.82 bits per heavy atom. The lowest BCUT2D eigenvalue weighted by Crippen LogP contribution is -2.00. The summed E-state index contributed by atoms with van der Waals surface area (Å²) in [6, 6.07) is 7.86. The molecule has 0 saturated heterocycles. The lowest BCUT2D eigenvalue weighted by atomic mass is 10.2. The fourth-order valence-electron chi connectivity index (χ4n) is 1.37. The number of halogens is 1. The molecule has 0 spiro atoms. The highest BCUT2D eigenvalue weighted by Gasteiger charge is 1.99. The van der Waals surface area contributed by atoms with Gasteiger partial charge in [0.25, 0.3) is 0 Å². The molecular formula is C11H11IN4S. The molecule has 0 fully saturated rings. The average molecular weight is 358 g/mol. The average Bonchev–Trinajstić information content (AvgIpc) is 2.22. The number of hydrogen-bond acceptors (Lipinski definition) is 4. The maximum absolute atomic E-state index is 5.59. The van der Waals surface area contributed by atoms with E-state index in [1.165, 1.54) is 9.13 Å². The molecule has 4 nitrogen and oxygen atoms in total. The van der Waals surface area contributed by atoms with Gasteiger partial charge in [0.2, 0.25) is 0 Å². The fourth-order valence-corrected chi connectivity index (χ4v) is 2.10. The largest absolute Gasteiger partial charge is 0.369 e. The van der Waals surface area contributed by atoms with Crippen molar-refractivity contribution < 1.29 is 0 Å². The third-order valence-corrected chi connectivity index (χ3v) is 3.58. The second kappa shape index (κ2) is 5.01. The van der Waals surface area contributed by atoms with E-state index in [-0.39, 0.29) is 0 Å². The van der Waals surface area contributed by atoms with Crippen LogP contribution in [0.4, 0.5) is 17.5 Å². The van der Waals surface area contributed by atoms with Crippen molar-refractivity contribution in [2.24, 2.45) is 0 Å². The Hall–Kier alpha value is -1.15. The molecule has 1 heterocycles. The van der Waals surface area contributed by atoms with Crippen LogP contribution in [0.25, 0.3) is 0 Å². The van der Waals surface area contributed by atoms with E-state index in [0.717, 1.165) is 11.5 Å². The van der Waals surface area contributed by atoms with Gasteiger partial charge in [0, 0.05) is 15.3 Å². The minimum Gasteiger partial charge on any atom is -0.369 e. The van der Waals surface area contributed by atoms with Gasteiger partial charge in [-0.25, -0.2) is 4.98 Å². The minimum absolute atomic E-state index is 0.307. The van der Waals surface area contributed by atoms with Gasteiger partial charge < -0.3 is 16.0 Å². The van der Waals surface area contributed by atoms with Crippen LogP contribution in [0.15, 0.2) is 24.3 Å². The van der Waals surface area contributed by atoms with E-state index in [4.69, 9.17) is 18.0 Å². The van der Waals surface area contributed by atoms with E-state index in [0.29, 0.717) is 10.6 Å². The number of hydrogen-bond donors (Lipinski definition) is 3. The zero-order valence-corrected chi connectivity index (χ0v) is 12.1. The Morgan fingerprint density at radius 2 is 2.18 bits per heavy atom. The minimum atomic E-state index is 0.307. The maximum atomic E-state index is 5.59. The quantitative estimate of drug-likeness (QED) is 0.569. The molecule has 0 amide bonds. The topological polar surface area (TPSA) is 66.7 Å². The Kier molecular flexibility index (Phi) is 3.63. The van der Waals surface area contributed by atoms with Crippen molar-refractivity contribution in [2.45, 2.75) is 6.92 Å². The molecule has 0 atom stereocenters. The van der Waals surface area contributed by atoms with Crippen molar-refractivity contribution in [1.29, 1.82) is 0 Å². The predicted octanol–water partition coefficient (Wildman–Crippen LogP) is 3.38. The highest BCUT2D eigenvalue weighted by Crippen LogP contribution is 2.20. The van der Waals surface area contributed by atoms with Crippen molar-refractivity contribution in [2.75, 3.05) is 11.1 Å². The van der Waals surface area contributed by atoms with Gasteiger partial charge in [-0.3, -0.25) is 0 Å². The Labute approximate surface area is 118 Å². The summed E-state index contributed by atoms with van der Waals surface area (Å²) in [5, 5.41) is 3.21. The zero-order chi connectivity index (χ0) is 12.4. The number of benzene rings is 1. The number of nitrogens with two attached hydrogens (primary N) is 1. The molecule has 0 bridgehead atoms. The molecule has 0 saturated carbocycles.